The minimum atomic E-state index is -1.12. The van der Waals surface area contributed by atoms with Crippen LogP contribution in [0.1, 0.15) is 47.5 Å². The molecule has 6 nitrogen and oxygen atoms in total. The molecule has 3 atom stereocenters. The second kappa shape index (κ2) is 6.22. The third kappa shape index (κ3) is 4.09. The van der Waals surface area contributed by atoms with E-state index in [1.165, 1.54) is 4.90 Å². The Labute approximate surface area is 126 Å². The highest BCUT2D eigenvalue weighted by Gasteiger charge is 2.49. The monoisotopic (exact) mass is 301 g/mol. The number of carboxylic acid groups (broad SMARTS) is 1. The van der Waals surface area contributed by atoms with Crippen LogP contribution < -0.4 is 0 Å². The van der Waals surface area contributed by atoms with Crippen LogP contribution in [0, 0.1) is 11.3 Å². The van der Waals surface area contributed by atoms with Gasteiger partial charge in [-0.15, -0.1) is 0 Å². The zero-order valence-corrected chi connectivity index (χ0v) is 13.5. The van der Waals surface area contributed by atoms with E-state index >= 15 is 0 Å². The topological polar surface area (TPSA) is 87.1 Å². The highest BCUT2D eigenvalue weighted by Crippen LogP contribution is 2.39. The fourth-order valence-electron chi connectivity index (χ4n) is 2.77. The number of rotatable bonds is 3. The van der Waals surface area contributed by atoms with Gasteiger partial charge in [0.2, 0.25) is 0 Å². The molecule has 1 aliphatic heterocycles. The van der Waals surface area contributed by atoms with E-state index < -0.39 is 35.1 Å². The summed E-state index contributed by atoms with van der Waals surface area (Å²) in [5.41, 5.74) is -1.74. The molecule has 122 valence electrons. The lowest BCUT2D eigenvalue weighted by molar-refractivity contribution is -0.160. The van der Waals surface area contributed by atoms with E-state index in [2.05, 4.69) is 0 Å². The minimum absolute atomic E-state index is 0.0727. The summed E-state index contributed by atoms with van der Waals surface area (Å²) in [6, 6.07) is 0. The molecule has 3 unspecified atom stereocenters. The Hall–Kier alpha value is -1.30. The van der Waals surface area contributed by atoms with Crippen molar-refractivity contribution in [1.82, 2.24) is 4.90 Å². The molecule has 0 aliphatic carbocycles. The number of carbonyl (C=O) groups excluding carboxylic acids is 1. The predicted octanol–water partition coefficient (Wildman–Crippen LogP) is 2.11. The first-order valence-corrected chi connectivity index (χ1v) is 7.39. The predicted molar refractivity (Wildman–Crippen MR) is 78.0 cm³/mol. The van der Waals surface area contributed by atoms with Gasteiger partial charge < -0.3 is 19.8 Å². The lowest BCUT2D eigenvalue weighted by Crippen LogP contribution is -2.55. The van der Waals surface area contributed by atoms with E-state index in [1.54, 1.807) is 34.6 Å². The fourth-order valence-corrected chi connectivity index (χ4v) is 2.77. The maximum Gasteiger partial charge on any atom is 0.410 e. The van der Waals surface area contributed by atoms with Gasteiger partial charge in [-0.05, 0) is 46.5 Å². The van der Waals surface area contributed by atoms with Crippen molar-refractivity contribution in [1.29, 1.82) is 0 Å². The van der Waals surface area contributed by atoms with Crippen LogP contribution in [-0.2, 0) is 9.53 Å². The molecule has 0 aromatic rings. The highest BCUT2D eigenvalue weighted by molar-refractivity contribution is 5.77. The van der Waals surface area contributed by atoms with E-state index in [4.69, 9.17) is 4.74 Å². The molecule has 1 aliphatic rings. The van der Waals surface area contributed by atoms with Crippen molar-refractivity contribution in [3.05, 3.63) is 0 Å². The SMILES string of the molecule is CC(O)C(C)C1(C(=O)O)CCCN(C(=O)OC(C)(C)C)C1. The van der Waals surface area contributed by atoms with Gasteiger partial charge in [0.1, 0.15) is 5.60 Å². The van der Waals surface area contributed by atoms with E-state index in [0.717, 1.165) is 0 Å². The molecular formula is C15H27NO5. The largest absolute Gasteiger partial charge is 0.481 e. The smallest absolute Gasteiger partial charge is 0.410 e. The molecule has 0 aromatic heterocycles. The fraction of sp³-hybridized carbons (Fsp3) is 0.867. The van der Waals surface area contributed by atoms with Crippen LogP contribution in [0.15, 0.2) is 0 Å². The maximum absolute atomic E-state index is 12.2. The number of carbonyl (C=O) groups is 2. The van der Waals surface area contributed by atoms with E-state index in [0.29, 0.717) is 19.4 Å². The average Bonchev–Trinajstić information content (AvgIpc) is 2.35. The zero-order valence-electron chi connectivity index (χ0n) is 13.5. The Morgan fingerprint density at radius 2 is 1.86 bits per heavy atom. The first-order valence-electron chi connectivity index (χ1n) is 7.39. The van der Waals surface area contributed by atoms with Crippen LogP contribution in [0.2, 0.25) is 0 Å². The maximum atomic E-state index is 12.2. The molecule has 0 aromatic carbocycles. The van der Waals surface area contributed by atoms with E-state index in [1.807, 2.05) is 0 Å². The van der Waals surface area contributed by atoms with Gasteiger partial charge >= 0.3 is 12.1 Å². The number of hydrogen-bond acceptors (Lipinski definition) is 4. The number of aliphatic hydroxyl groups excluding tert-OH is 1. The highest BCUT2D eigenvalue weighted by atomic mass is 16.6. The third-order valence-electron chi connectivity index (χ3n) is 4.20. The molecule has 6 heteroatoms. The van der Waals surface area contributed by atoms with Gasteiger partial charge in [-0.2, -0.15) is 0 Å². The number of hydrogen-bond donors (Lipinski definition) is 2. The number of aliphatic carboxylic acids is 1. The van der Waals surface area contributed by atoms with Crippen molar-refractivity contribution in [2.45, 2.75) is 59.2 Å². The van der Waals surface area contributed by atoms with Crippen molar-refractivity contribution in [2.75, 3.05) is 13.1 Å². The summed E-state index contributed by atoms with van der Waals surface area (Å²) in [6.45, 7) is 9.19. The van der Waals surface area contributed by atoms with Crippen LogP contribution in [0.5, 0.6) is 0 Å². The first kappa shape index (κ1) is 17.8. The molecule has 21 heavy (non-hydrogen) atoms. The Bertz CT molecular complexity index is 401. The van der Waals surface area contributed by atoms with Crippen LogP contribution >= 0.6 is 0 Å². The first-order chi connectivity index (χ1) is 9.49. The molecule has 0 saturated carbocycles. The van der Waals surface area contributed by atoms with Crippen LogP contribution in [0.25, 0.3) is 0 Å². The molecule has 2 N–H and O–H groups in total. The summed E-state index contributed by atoms with van der Waals surface area (Å²) < 4.78 is 5.32. The summed E-state index contributed by atoms with van der Waals surface area (Å²) in [4.78, 5) is 25.4. The van der Waals surface area contributed by atoms with Crippen molar-refractivity contribution >= 4 is 12.1 Å². The molecular weight excluding hydrogens is 274 g/mol. The lowest BCUT2D eigenvalue weighted by atomic mass is 9.68. The van der Waals surface area contributed by atoms with Gasteiger partial charge in [-0.1, -0.05) is 6.92 Å². The Balaban J connectivity index is 2.94. The lowest BCUT2D eigenvalue weighted by Gasteiger charge is -2.44. The van der Waals surface area contributed by atoms with Gasteiger partial charge in [-0.25, -0.2) is 4.79 Å². The average molecular weight is 301 g/mol. The normalized spacial score (nSPS) is 26.1. The molecule has 1 rings (SSSR count). The van der Waals surface area contributed by atoms with Crippen molar-refractivity contribution in [3.8, 4) is 0 Å². The second-order valence-electron chi connectivity index (χ2n) is 7.00. The molecule has 1 saturated heterocycles. The molecule has 1 fully saturated rings. The Morgan fingerprint density at radius 3 is 2.29 bits per heavy atom. The van der Waals surface area contributed by atoms with E-state index in [9.17, 15) is 19.8 Å². The van der Waals surface area contributed by atoms with E-state index in [-0.39, 0.29) is 6.54 Å². The minimum Gasteiger partial charge on any atom is -0.481 e. The number of nitrogens with zero attached hydrogens (tertiary/aromatic N) is 1. The zero-order chi connectivity index (χ0) is 16.4. The second-order valence-corrected chi connectivity index (χ2v) is 7.00. The Kier molecular flexibility index (Phi) is 5.25. The number of likely N-dealkylation sites (tertiary alicyclic amines) is 1. The van der Waals surface area contributed by atoms with Crippen LogP contribution in [-0.4, -0.2) is 52.0 Å². The van der Waals surface area contributed by atoms with Crippen molar-refractivity contribution in [3.63, 3.8) is 0 Å². The summed E-state index contributed by atoms with van der Waals surface area (Å²) >= 11 is 0. The van der Waals surface area contributed by atoms with Crippen molar-refractivity contribution < 1.29 is 24.5 Å². The third-order valence-corrected chi connectivity index (χ3v) is 4.20. The number of ether oxygens (including phenoxy) is 1. The van der Waals surface area contributed by atoms with Gasteiger partial charge in [0, 0.05) is 13.1 Å². The van der Waals surface area contributed by atoms with Gasteiger partial charge in [0.15, 0.2) is 0 Å². The van der Waals surface area contributed by atoms with Crippen LogP contribution in [0.4, 0.5) is 4.79 Å². The van der Waals surface area contributed by atoms with Crippen molar-refractivity contribution in [2.24, 2.45) is 11.3 Å². The molecule has 1 amide bonds. The standard InChI is InChI=1S/C15H27NO5/c1-10(11(2)17)15(12(18)19)7-6-8-16(9-15)13(20)21-14(3,4)5/h10-11,17H,6-9H2,1-5H3,(H,18,19). The van der Waals surface area contributed by atoms with Crippen LogP contribution in [0.3, 0.4) is 0 Å². The molecule has 0 spiro atoms. The number of aliphatic hydroxyl groups is 1. The summed E-state index contributed by atoms with van der Waals surface area (Å²) in [5, 5.41) is 19.5. The molecule has 0 bridgehead atoms. The number of amides is 1. The van der Waals surface area contributed by atoms with Gasteiger partial charge in [0.05, 0.1) is 11.5 Å². The number of carboxylic acids is 1. The summed E-state index contributed by atoms with van der Waals surface area (Å²) in [5.74, 6) is -1.41. The summed E-state index contributed by atoms with van der Waals surface area (Å²) in [7, 11) is 0. The Morgan fingerprint density at radius 1 is 1.29 bits per heavy atom. The molecule has 1 heterocycles. The van der Waals surface area contributed by atoms with Gasteiger partial charge in [-0.3, -0.25) is 4.79 Å². The van der Waals surface area contributed by atoms with Gasteiger partial charge in [0.25, 0.3) is 0 Å². The summed E-state index contributed by atoms with van der Waals surface area (Å²) in [6.07, 6.45) is -0.207. The number of piperidine rings is 1. The quantitative estimate of drug-likeness (QED) is 0.833. The molecule has 0 radical (unpaired) electrons.